The fraction of sp³-hybridized carbons (Fsp3) is 0.500. The third-order valence-corrected chi connectivity index (χ3v) is 4.76. The Morgan fingerprint density at radius 2 is 1.79 bits per heavy atom. The Balaban J connectivity index is 3.00. The molecule has 1 aromatic carbocycles. The van der Waals surface area contributed by atoms with Gasteiger partial charge in [0.2, 0.25) is 10.0 Å². The smallest absolute Gasteiger partial charge is 0.326 e. The summed E-state index contributed by atoms with van der Waals surface area (Å²) in [6.07, 6.45) is 0.286. The third kappa shape index (κ3) is 5.93. The summed E-state index contributed by atoms with van der Waals surface area (Å²) in [7, 11) is -3.73. The molecule has 0 unspecified atom stereocenters. The van der Waals surface area contributed by atoms with Crippen molar-refractivity contribution in [1.82, 2.24) is 10.0 Å². The molecule has 7 nitrogen and oxygen atoms in total. The minimum absolute atomic E-state index is 0.0421. The van der Waals surface area contributed by atoms with Gasteiger partial charge in [-0.2, -0.15) is 0 Å². The molecule has 0 bridgehead atoms. The van der Waals surface area contributed by atoms with Crippen molar-refractivity contribution in [3.63, 3.8) is 0 Å². The zero-order valence-corrected chi connectivity index (χ0v) is 15.1. The van der Waals surface area contributed by atoms with Crippen LogP contribution in [-0.2, 0) is 14.8 Å². The van der Waals surface area contributed by atoms with E-state index in [1.165, 1.54) is 24.3 Å². The monoisotopic (exact) mass is 356 g/mol. The molecule has 8 heteroatoms. The van der Waals surface area contributed by atoms with E-state index in [2.05, 4.69) is 10.0 Å². The minimum atomic E-state index is -3.73. The summed E-state index contributed by atoms with van der Waals surface area (Å²) in [4.78, 5) is 23.4. The van der Waals surface area contributed by atoms with E-state index in [0.29, 0.717) is 0 Å². The number of amides is 1. The highest BCUT2D eigenvalue weighted by molar-refractivity contribution is 7.89. The van der Waals surface area contributed by atoms with E-state index in [-0.39, 0.29) is 28.8 Å². The lowest BCUT2D eigenvalue weighted by Crippen LogP contribution is -2.41. The van der Waals surface area contributed by atoms with Crippen LogP contribution in [0.15, 0.2) is 29.2 Å². The second-order valence-corrected chi connectivity index (χ2v) is 8.01. The van der Waals surface area contributed by atoms with Crippen LogP contribution in [0.25, 0.3) is 0 Å². The molecule has 1 atom stereocenters. The van der Waals surface area contributed by atoms with Crippen molar-refractivity contribution in [2.24, 2.45) is 5.92 Å². The Morgan fingerprint density at radius 1 is 1.17 bits per heavy atom. The van der Waals surface area contributed by atoms with E-state index in [4.69, 9.17) is 0 Å². The molecule has 1 aromatic rings. The van der Waals surface area contributed by atoms with Gasteiger partial charge in [0.25, 0.3) is 5.91 Å². The van der Waals surface area contributed by atoms with Gasteiger partial charge in [0.05, 0.1) is 4.90 Å². The van der Waals surface area contributed by atoms with Gasteiger partial charge in [-0.1, -0.05) is 19.9 Å². The Hall–Kier alpha value is -1.93. The first-order valence-electron chi connectivity index (χ1n) is 7.69. The van der Waals surface area contributed by atoms with Crippen LogP contribution in [0, 0.1) is 5.92 Å². The van der Waals surface area contributed by atoms with Crippen LogP contribution in [0.2, 0.25) is 0 Å². The predicted octanol–water partition coefficient (Wildman–Crippen LogP) is 1.60. The normalized spacial score (nSPS) is 13.1. The molecule has 24 heavy (non-hydrogen) atoms. The number of benzene rings is 1. The summed E-state index contributed by atoms with van der Waals surface area (Å²) in [5.41, 5.74) is 0.0941. The van der Waals surface area contributed by atoms with Gasteiger partial charge in [-0.3, -0.25) is 4.79 Å². The molecule has 0 fully saturated rings. The summed E-state index contributed by atoms with van der Waals surface area (Å²) >= 11 is 0. The number of aliphatic carboxylic acids is 1. The van der Waals surface area contributed by atoms with E-state index in [1.54, 1.807) is 13.8 Å². The van der Waals surface area contributed by atoms with Gasteiger partial charge in [0.1, 0.15) is 6.04 Å². The Kier molecular flexibility index (Phi) is 6.92. The minimum Gasteiger partial charge on any atom is -0.480 e. The number of sulfonamides is 1. The molecule has 0 aliphatic heterocycles. The van der Waals surface area contributed by atoms with Crippen LogP contribution >= 0.6 is 0 Å². The lowest BCUT2D eigenvalue weighted by Gasteiger charge is -2.17. The van der Waals surface area contributed by atoms with Crippen molar-refractivity contribution in [3.8, 4) is 0 Å². The molecule has 134 valence electrons. The van der Waals surface area contributed by atoms with E-state index in [9.17, 15) is 23.1 Å². The summed E-state index contributed by atoms with van der Waals surface area (Å²) in [6, 6.07) is 4.19. The van der Waals surface area contributed by atoms with Gasteiger partial charge in [-0.25, -0.2) is 17.9 Å². The van der Waals surface area contributed by atoms with Crippen LogP contribution in [-0.4, -0.2) is 37.5 Å². The number of carbonyl (C=O) groups excluding carboxylic acids is 1. The highest BCUT2D eigenvalue weighted by Gasteiger charge is 2.23. The summed E-state index contributed by atoms with van der Waals surface area (Å²) in [5, 5.41) is 11.6. The number of carboxylic acid groups (broad SMARTS) is 1. The van der Waals surface area contributed by atoms with Crippen molar-refractivity contribution in [2.75, 3.05) is 0 Å². The number of rotatable bonds is 8. The molecule has 0 saturated heterocycles. The average molecular weight is 356 g/mol. The number of hydrogen-bond acceptors (Lipinski definition) is 4. The number of carbonyl (C=O) groups is 2. The molecule has 0 heterocycles. The second-order valence-electron chi connectivity index (χ2n) is 6.30. The van der Waals surface area contributed by atoms with Crippen molar-refractivity contribution < 1.29 is 23.1 Å². The van der Waals surface area contributed by atoms with E-state index >= 15 is 0 Å². The quantitative estimate of drug-likeness (QED) is 0.655. The predicted molar refractivity (Wildman–Crippen MR) is 90.2 cm³/mol. The molecule has 0 spiro atoms. The summed E-state index contributed by atoms with van der Waals surface area (Å²) < 4.78 is 26.7. The van der Waals surface area contributed by atoms with Crippen LogP contribution in [0.3, 0.4) is 0 Å². The van der Waals surface area contributed by atoms with Crippen molar-refractivity contribution >= 4 is 21.9 Å². The lowest BCUT2D eigenvalue weighted by atomic mass is 10.0. The van der Waals surface area contributed by atoms with Crippen molar-refractivity contribution in [1.29, 1.82) is 0 Å². The topological polar surface area (TPSA) is 113 Å². The van der Waals surface area contributed by atoms with Crippen LogP contribution < -0.4 is 10.0 Å². The first kappa shape index (κ1) is 20.1. The first-order chi connectivity index (χ1) is 11.0. The average Bonchev–Trinajstić information content (AvgIpc) is 2.44. The maximum atomic E-state index is 12.3. The van der Waals surface area contributed by atoms with Gasteiger partial charge >= 0.3 is 5.97 Å². The SMILES string of the molecule is CC(C)C[C@H](NC(=O)c1cccc(S(=O)(=O)NC(C)C)c1)C(=O)O. The second kappa shape index (κ2) is 8.25. The highest BCUT2D eigenvalue weighted by atomic mass is 32.2. The number of hydrogen-bond donors (Lipinski definition) is 3. The fourth-order valence-corrected chi connectivity index (χ4v) is 3.41. The molecular formula is C16H24N2O5S. The van der Waals surface area contributed by atoms with E-state index in [0.717, 1.165) is 0 Å². The van der Waals surface area contributed by atoms with Crippen LogP contribution in [0.4, 0.5) is 0 Å². The van der Waals surface area contributed by atoms with E-state index in [1.807, 2.05) is 13.8 Å². The molecule has 1 amide bonds. The fourth-order valence-electron chi connectivity index (χ4n) is 2.12. The lowest BCUT2D eigenvalue weighted by molar-refractivity contribution is -0.139. The van der Waals surface area contributed by atoms with E-state index < -0.39 is 27.9 Å². The molecule has 0 radical (unpaired) electrons. The number of nitrogens with one attached hydrogen (secondary N) is 2. The molecular weight excluding hydrogens is 332 g/mol. The molecule has 0 aromatic heterocycles. The zero-order valence-electron chi connectivity index (χ0n) is 14.2. The molecule has 0 saturated carbocycles. The van der Waals surface area contributed by atoms with Crippen molar-refractivity contribution in [3.05, 3.63) is 29.8 Å². The van der Waals surface area contributed by atoms with Gasteiger partial charge in [0, 0.05) is 11.6 Å². The van der Waals surface area contributed by atoms with Crippen molar-refractivity contribution in [2.45, 2.75) is 51.1 Å². The van der Waals surface area contributed by atoms with Gasteiger partial charge < -0.3 is 10.4 Å². The van der Waals surface area contributed by atoms with Crippen LogP contribution in [0.5, 0.6) is 0 Å². The standard InChI is InChI=1S/C16H24N2O5S/c1-10(2)8-14(16(20)21)17-15(19)12-6-5-7-13(9-12)24(22,23)18-11(3)4/h5-7,9-11,14,18H,8H2,1-4H3,(H,17,19)(H,20,21)/t14-/m0/s1. The van der Waals surface area contributed by atoms with Gasteiger partial charge in [0.15, 0.2) is 0 Å². The summed E-state index contributed by atoms with van der Waals surface area (Å²) in [6.45, 7) is 7.09. The number of carboxylic acids is 1. The maximum absolute atomic E-state index is 12.3. The largest absolute Gasteiger partial charge is 0.480 e. The maximum Gasteiger partial charge on any atom is 0.326 e. The molecule has 3 N–H and O–H groups in total. The summed E-state index contributed by atoms with van der Waals surface area (Å²) in [5.74, 6) is -1.65. The first-order valence-corrected chi connectivity index (χ1v) is 9.17. The Labute approximate surface area is 142 Å². The Morgan fingerprint density at radius 3 is 2.29 bits per heavy atom. The molecule has 1 rings (SSSR count). The molecule has 0 aliphatic carbocycles. The Bertz CT molecular complexity index is 698. The van der Waals surface area contributed by atoms with Gasteiger partial charge in [-0.15, -0.1) is 0 Å². The molecule has 0 aliphatic rings. The van der Waals surface area contributed by atoms with Crippen LogP contribution in [0.1, 0.15) is 44.5 Å². The highest BCUT2D eigenvalue weighted by Crippen LogP contribution is 2.13. The zero-order chi connectivity index (χ0) is 18.5. The van der Waals surface area contributed by atoms with Gasteiger partial charge in [-0.05, 0) is 44.4 Å². The third-order valence-electron chi connectivity index (χ3n) is 3.11.